The summed E-state index contributed by atoms with van der Waals surface area (Å²) in [5, 5.41) is 0. The average molecular weight is 326 g/mol. The number of rotatable bonds is 3. The monoisotopic (exact) mass is 326 g/mol. The van der Waals surface area contributed by atoms with Gasteiger partial charge in [0, 0.05) is 5.41 Å². The molecule has 3 aromatic carbocycles. The van der Waals surface area contributed by atoms with Crippen molar-refractivity contribution in [2.75, 3.05) is 0 Å². The van der Waals surface area contributed by atoms with Crippen molar-refractivity contribution >= 4 is 0 Å². The van der Waals surface area contributed by atoms with E-state index in [4.69, 9.17) is 0 Å². The molecule has 1 aliphatic rings. The third-order valence-corrected chi connectivity index (χ3v) is 5.76. The first kappa shape index (κ1) is 16.1. The summed E-state index contributed by atoms with van der Waals surface area (Å²) in [6.45, 7) is 9.21. The molecule has 0 bridgehead atoms. The van der Waals surface area contributed by atoms with Crippen LogP contribution in [0.4, 0.5) is 0 Å². The van der Waals surface area contributed by atoms with Crippen LogP contribution in [0.3, 0.4) is 0 Å². The molecule has 0 saturated heterocycles. The SMILES string of the molecule is CCCc1ccccc1-c1cc2c(cc1C)C(C)(C)c1ccccc1-2. The molecule has 0 unspecified atom stereocenters. The summed E-state index contributed by atoms with van der Waals surface area (Å²) in [6.07, 6.45) is 2.31. The van der Waals surface area contributed by atoms with Crippen LogP contribution in [-0.4, -0.2) is 0 Å². The lowest BCUT2D eigenvalue weighted by atomic mass is 9.81. The summed E-state index contributed by atoms with van der Waals surface area (Å²) in [5.41, 5.74) is 11.4. The zero-order chi connectivity index (χ0) is 17.6. The van der Waals surface area contributed by atoms with Gasteiger partial charge in [-0.05, 0) is 63.9 Å². The van der Waals surface area contributed by atoms with Crippen LogP contribution in [0.2, 0.25) is 0 Å². The lowest BCUT2D eigenvalue weighted by Crippen LogP contribution is -2.15. The Balaban J connectivity index is 1.96. The lowest BCUT2D eigenvalue weighted by Gasteiger charge is -2.22. The Bertz CT molecular complexity index is 944. The van der Waals surface area contributed by atoms with E-state index in [1.54, 1.807) is 0 Å². The predicted octanol–water partition coefficient (Wildman–Crippen LogP) is 6.92. The van der Waals surface area contributed by atoms with Crippen molar-refractivity contribution in [3.05, 3.63) is 82.9 Å². The summed E-state index contributed by atoms with van der Waals surface area (Å²) in [4.78, 5) is 0. The topological polar surface area (TPSA) is 0 Å². The normalized spacial score (nSPS) is 14.2. The van der Waals surface area contributed by atoms with Crippen LogP contribution >= 0.6 is 0 Å². The van der Waals surface area contributed by atoms with Crippen LogP contribution in [-0.2, 0) is 11.8 Å². The fourth-order valence-corrected chi connectivity index (χ4v) is 4.42. The highest BCUT2D eigenvalue weighted by molar-refractivity contribution is 5.86. The van der Waals surface area contributed by atoms with Gasteiger partial charge < -0.3 is 0 Å². The Morgan fingerprint density at radius 3 is 2.16 bits per heavy atom. The summed E-state index contributed by atoms with van der Waals surface area (Å²) in [7, 11) is 0. The second-order valence-corrected chi connectivity index (χ2v) is 7.79. The smallest absolute Gasteiger partial charge is 0.0158 e. The molecule has 0 radical (unpaired) electrons. The van der Waals surface area contributed by atoms with Gasteiger partial charge in [-0.3, -0.25) is 0 Å². The highest BCUT2D eigenvalue weighted by atomic mass is 14.4. The molecule has 1 aliphatic carbocycles. The van der Waals surface area contributed by atoms with Crippen molar-refractivity contribution < 1.29 is 0 Å². The molecule has 0 atom stereocenters. The first-order valence-electron chi connectivity index (χ1n) is 9.37. The third kappa shape index (κ3) is 2.43. The van der Waals surface area contributed by atoms with Crippen LogP contribution in [0.25, 0.3) is 22.3 Å². The molecule has 3 aromatic rings. The van der Waals surface area contributed by atoms with Gasteiger partial charge in [0.15, 0.2) is 0 Å². The second kappa shape index (κ2) is 5.88. The van der Waals surface area contributed by atoms with Gasteiger partial charge in [-0.25, -0.2) is 0 Å². The fraction of sp³-hybridized carbons (Fsp3) is 0.280. The molecule has 0 aliphatic heterocycles. The van der Waals surface area contributed by atoms with Gasteiger partial charge in [-0.1, -0.05) is 81.8 Å². The summed E-state index contributed by atoms with van der Waals surface area (Å²) < 4.78 is 0. The highest BCUT2D eigenvalue weighted by Crippen LogP contribution is 2.50. The molecule has 0 saturated carbocycles. The zero-order valence-electron chi connectivity index (χ0n) is 15.7. The zero-order valence-corrected chi connectivity index (χ0v) is 15.7. The van der Waals surface area contributed by atoms with Crippen molar-refractivity contribution in [2.45, 2.75) is 46.0 Å². The molecule has 0 nitrogen and oxygen atoms in total. The van der Waals surface area contributed by atoms with Gasteiger partial charge in [0.25, 0.3) is 0 Å². The molecule has 0 N–H and O–H groups in total. The van der Waals surface area contributed by atoms with Crippen molar-refractivity contribution in [3.63, 3.8) is 0 Å². The van der Waals surface area contributed by atoms with E-state index in [1.807, 2.05) is 0 Å². The second-order valence-electron chi connectivity index (χ2n) is 7.79. The highest BCUT2D eigenvalue weighted by Gasteiger charge is 2.35. The van der Waals surface area contributed by atoms with Crippen LogP contribution in [0.15, 0.2) is 60.7 Å². The minimum atomic E-state index is 0.0815. The quantitative estimate of drug-likeness (QED) is 0.490. The first-order chi connectivity index (χ1) is 12.0. The molecule has 0 heterocycles. The van der Waals surface area contributed by atoms with E-state index in [0.29, 0.717) is 0 Å². The molecule has 0 spiro atoms. The molecule has 0 fully saturated rings. The van der Waals surface area contributed by atoms with Gasteiger partial charge in [0.1, 0.15) is 0 Å². The summed E-state index contributed by atoms with van der Waals surface area (Å²) in [6, 6.07) is 22.6. The van der Waals surface area contributed by atoms with Crippen LogP contribution < -0.4 is 0 Å². The van der Waals surface area contributed by atoms with Gasteiger partial charge in [-0.2, -0.15) is 0 Å². The Morgan fingerprint density at radius 1 is 0.720 bits per heavy atom. The molecule has 25 heavy (non-hydrogen) atoms. The molecule has 0 amide bonds. The Hall–Kier alpha value is -2.34. The minimum absolute atomic E-state index is 0.0815. The Labute approximate surface area is 151 Å². The molecule has 126 valence electrons. The van der Waals surface area contributed by atoms with Gasteiger partial charge in [0.2, 0.25) is 0 Å². The molecular weight excluding hydrogens is 300 g/mol. The molecule has 4 rings (SSSR count). The van der Waals surface area contributed by atoms with Crippen LogP contribution in [0, 0.1) is 6.92 Å². The standard InChI is InChI=1S/C25H26/c1-5-10-18-11-6-7-12-19(18)21-16-22-20-13-8-9-14-23(20)25(3,4)24(22)15-17(21)2/h6-9,11-16H,5,10H2,1-4H3. The summed E-state index contributed by atoms with van der Waals surface area (Å²) >= 11 is 0. The maximum atomic E-state index is 2.44. The maximum Gasteiger partial charge on any atom is 0.0158 e. The van der Waals surface area contributed by atoms with Crippen molar-refractivity contribution in [2.24, 2.45) is 0 Å². The van der Waals surface area contributed by atoms with E-state index in [2.05, 4.69) is 88.4 Å². The van der Waals surface area contributed by atoms with Gasteiger partial charge in [0.05, 0.1) is 0 Å². The van der Waals surface area contributed by atoms with E-state index < -0.39 is 0 Å². The maximum absolute atomic E-state index is 2.44. The Morgan fingerprint density at radius 2 is 1.40 bits per heavy atom. The van der Waals surface area contributed by atoms with E-state index in [0.717, 1.165) is 6.42 Å². The van der Waals surface area contributed by atoms with E-state index >= 15 is 0 Å². The van der Waals surface area contributed by atoms with Crippen molar-refractivity contribution in [1.29, 1.82) is 0 Å². The Kier molecular flexibility index (Phi) is 3.80. The minimum Gasteiger partial charge on any atom is -0.0651 e. The van der Waals surface area contributed by atoms with Gasteiger partial charge in [-0.15, -0.1) is 0 Å². The van der Waals surface area contributed by atoms with E-state index in [9.17, 15) is 0 Å². The number of aryl methyl sites for hydroxylation is 2. The third-order valence-electron chi connectivity index (χ3n) is 5.76. The number of fused-ring (bicyclic) bond motifs is 3. The summed E-state index contributed by atoms with van der Waals surface area (Å²) in [5.74, 6) is 0. The van der Waals surface area contributed by atoms with Crippen molar-refractivity contribution in [3.8, 4) is 22.3 Å². The van der Waals surface area contributed by atoms with Gasteiger partial charge >= 0.3 is 0 Å². The number of hydrogen-bond donors (Lipinski definition) is 0. The first-order valence-corrected chi connectivity index (χ1v) is 9.37. The lowest BCUT2D eigenvalue weighted by molar-refractivity contribution is 0.660. The van der Waals surface area contributed by atoms with E-state index in [1.165, 1.54) is 50.9 Å². The molecular formula is C25H26. The molecule has 0 aromatic heterocycles. The predicted molar refractivity (Wildman–Crippen MR) is 108 cm³/mol. The van der Waals surface area contributed by atoms with Crippen molar-refractivity contribution in [1.82, 2.24) is 0 Å². The largest absolute Gasteiger partial charge is 0.0651 e. The van der Waals surface area contributed by atoms with Crippen LogP contribution in [0.5, 0.6) is 0 Å². The average Bonchev–Trinajstić information content (AvgIpc) is 2.83. The van der Waals surface area contributed by atoms with E-state index in [-0.39, 0.29) is 5.41 Å². The number of benzene rings is 3. The molecule has 0 heteroatoms. The van der Waals surface area contributed by atoms with Crippen LogP contribution in [0.1, 0.15) is 49.4 Å². The fourth-order valence-electron chi connectivity index (χ4n) is 4.42. The number of hydrogen-bond acceptors (Lipinski definition) is 0.